The summed E-state index contributed by atoms with van der Waals surface area (Å²) in [6.07, 6.45) is 5.35. The van der Waals surface area contributed by atoms with Gasteiger partial charge in [0.15, 0.2) is 6.29 Å². The van der Waals surface area contributed by atoms with Crippen LogP contribution in [0.4, 0.5) is 0 Å². The molecule has 0 N–H and O–H groups in total. The van der Waals surface area contributed by atoms with Crippen molar-refractivity contribution in [3.63, 3.8) is 0 Å². The lowest BCUT2D eigenvalue weighted by molar-refractivity contribution is 0.106. The highest BCUT2D eigenvalue weighted by molar-refractivity contribution is 5.75. The standard InChI is InChI=1S/C11H14N2O2/c14-6-11-9-4-5-15-7-10(9)12-13(11)8-2-1-3-8/h6,8H,1-5,7H2. The molecule has 4 heteroatoms. The van der Waals surface area contributed by atoms with Crippen molar-refractivity contribution in [2.24, 2.45) is 0 Å². The lowest BCUT2D eigenvalue weighted by Gasteiger charge is -2.26. The molecule has 15 heavy (non-hydrogen) atoms. The maximum atomic E-state index is 11.1. The van der Waals surface area contributed by atoms with E-state index in [0.717, 1.165) is 42.5 Å². The van der Waals surface area contributed by atoms with E-state index in [1.165, 1.54) is 6.42 Å². The van der Waals surface area contributed by atoms with Gasteiger partial charge in [-0.25, -0.2) is 0 Å². The third-order valence-electron chi connectivity index (χ3n) is 3.40. The molecule has 0 amide bonds. The van der Waals surface area contributed by atoms with E-state index in [0.29, 0.717) is 19.3 Å². The quantitative estimate of drug-likeness (QED) is 0.689. The van der Waals surface area contributed by atoms with E-state index in [9.17, 15) is 4.79 Å². The number of ether oxygens (including phenoxy) is 1. The fourth-order valence-corrected chi connectivity index (χ4v) is 2.30. The lowest BCUT2D eigenvalue weighted by Crippen LogP contribution is -2.20. The minimum atomic E-state index is 0.454. The molecular formula is C11H14N2O2. The van der Waals surface area contributed by atoms with Crippen LogP contribution in [0.2, 0.25) is 0 Å². The Labute approximate surface area is 88.2 Å². The molecule has 0 aromatic carbocycles. The molecule has 1 aliphatic carbocycles. The molecule has 0 atom stereocenters. The largest absolute Gasteiger partial charge is 0.375 e. The van der Waals surface area contributed by atoms with Gasteiger partial charge in [-0.3, -0.25) is 9.48 Å². The van der Waals surface area contributed by atoms with Crippen LogP contribution in [-0.4, -0.2) is 22.7 Å². The first-order valence-electron chi connectivity index (χ1n) is 5.53. The third kappa shape index (κ3) is 1.32. The fourth-order valence-electron chi connectivity index (χ4n) is 2.30. The van der Waals surface area contributed by atoms with Gasteiger partial charge in [0.2, 0.25) is 0 Å². The van der Waals surface area contributed by atoms with Gasteiger partial charge in [-0.05, 0) is 25.7 Å². The molecular weight excluding hydrogens is 192 g/mol. The smallest absolute Gasteiger partial charge is 0.168 e. The van der Waals surface area contributed by atoms with E-state index in [1.54, 1.807) is 0 Å². The van der Waals surface area contributed by atoms with Gasteiger partial charge in [0.1, 0.15) is 5.69 Å². The maximum Gasteiger partial charge on any atom is 0.168 e. The Hall–Kier alpha value is -1.16. The number of aromatic nitrogens is 2. The molecule has 1 aromatic rings. The van der Waals surface area contributed by atoms with Gasteiger partial charge in [0, 0.05) is 5.56 Å². The van der Waals surface area contributed by atoms with Crippen molar-refractivity contribution in [3.8, 4) is 0 Å². The van der Waals surface area contributed by atoms with Gasteiger partial charge in [0.25, 0.3) is 0 Å². The Morgan fingerprint density at radius 1 is 1.47 bits per heavy atom. The molecule has 0 unspecified atom stereocenters. The van der Waals surface area contributed by atoms with Crippen LogP contribution in [0.25, 0.3) is 0 Å². The van der Waals surface area contributed by atoms with Crippen molar-refractivity contribution >= 4 is 6.29 Å². The maximum absolute atomic E-state index is 11.1. The van der Waals surface area contributed by atoms with Crippen LogP contribution in [0.3, 0.4) is 0 Å². The van der Waals surface area contributed by atoms with Gasteiger partial charge < -0.3 is 4.74 Å². The first-order valence-corrected chi connectivity index (χ1v) is 5.53. The second kappa shape index (κ2) is 3.45. The molecule has 0 saturated heterocycles. The van der Waals surface area contributed by atoms with Gasteiger partial charge in [-0.1, -0.05) is 0 Å². The molecule has 1 fully saturated rings. The van der Waals surface area contributed by atoms with Crippen LogP contribution in [-0.2, 0) is 17.8 Å². The van der Waals surface area contributed by atoms with E-state index in [1.807, 2.05) is 4.68 Å². The topological polar surface area (TPSA) is 44.1 Å². The average Bonchev–Trinajstić information content (AvgIpc) is 2.53. The minimum Gasteiger partial charge on any atom is -0.375 e. The van der Waals surface area contributed by atoms with E-state index in [4.69, 9.17) is 4.74 Å². The average molecular weight is 206 g/mol. The summed E-state index contributed by atoms with van der Waals surface area (Å²) in [6, 6.07) is 0.454. The number of nitrogens with zero attached hydrogens (tertiary/aromatic N) is 2. The highest BCUT2D eigenvalue weighted by atomic mass is 16.5. The predicted molar refractivity (Wildman–Crippen MR) is 53.9 cm³/mol. The monoisotopic (exact) mass is 206 g/mol. The number of rotatable bonds is 2. The van der Waals surface area contributed by atoms with Gasteiger partial charge in [-0.2, -0.15) is 5.10 Å². The number of fused-ring (bicyclic) bond motifs is 1. The molecule has 1 aromatic heterocycles. The molecule has 0 radical (unpaired) electrons. The van der Waals surface area contributed by atoms with Crippen LogP contribution in [0.1, 0.15) is 47.1 Å². The summed E-state index contributed by atoms with van der Waals surface area (Å²) >= 11 is 0. The first-order chi connectivity index (χ1) is 7.40. The molecule has 2 aliphatic rings. The van der Waals surface area contributed by atoms with Crippen LogP contribution < -0.4 is 0 Å². The zero-order chi connectivity index (χ0) is 10.3. The highest BCUT2D eigenvalue weighted by Crippen LogP contribution is 2.33. The van der Waals surface area contributed by atoms with Gasteiger partial charge in [-0.15, -0.1) is 0 Å². The summed E-state index contributed by atoms with van der Waals surface area (Å²) < 4.78 is 7.27. The fraction of sp³-hybridized carbons (Fsp3) is 0.636. The van der Waals surface area contributed by atoms with Crippen LogP contribution in [0, 0.1) is 0 Å². The second-order valence-electron chi connectivity index (χ2n) is 4.26. The number of carbonyl (C=O) groups excluding carboxylic acids is 1. The Kier molecular flexibility index (Phi) is 2.09. The first kappa shape index (κ1) is 9.09. The van der Waals surface area contributed by atoms with Crippen molar-refractivity contribution in [1.29, 1.82) is 0 Å². The molecule has 0 spiro atoms. The summed E-state index contributed by atoms with van der Waals surface area (Å²) in [5, 5.41) is 4.50. The Balaban J connectivity index is 2.05. The van der Waals surface area contributed by atoms with Gasteiger partial charge >= 0.3 is 0 Å². The normalized spacial score (nSPS) is 20.8. The van der Waals surface area contributed by atoms with Gasteiger partial charge in [0.05, 0.1) is 24.9 Å². The molecule has 3 rings (SSSR count). The van der Waals surface area contributed by atoms with Crippen molar-refractivity contribution in [1.82, 2.24) is 9.78 Å². The Morgan fingerprint density at radius 2 is 2.33 bits per heavy atom. The third-order valence-corrected chi connectivity index (χ3v) is 3.40. The summed E-state index contributed by atoms with van der Waals surface area (Å²) in [6.45, 7) is 1.28. The summed E-state index contributed by atoms with van der Waals surface area (Å²) in [7, 11) is 0. The molecule has 0 bridgehead atoms. The summed E-state index contributed by atoms with van der Waals surface area (Å²) in [5.74, 6) is 0. The highest BCUT2D eigenvalue weighted by Gasteiger charge is 2.27. The van der Waals surface area contributed by atoms with Crippen LogP contribution in [0.5, 0.6) is 0 Å². The lowest BCUT2D eigenvalue weighted by atomic mass is 9.93. The SMILES string of the molecule is O=Cc1c2c(nn1C1CCC1)COCC2. The minimum absolute atomic E-state index is 0.454. The second-order valence-corrected chi connectivity index (χ2v) is 4.26. The van der Waals surface area contributed by atoms with Crippen molar-refractivity contribution < 1.29 is 9.53 Å². The van der Waals surface area contributed by atoms with Crippen molar-refractivity contribution in [2.75, 3.05) is 6.61 Å². The Bertz CT molecular complexity index is 394. The zero-order valence-electron chi connectivity index (χ0n) is 8.61. The van der Waals surface area contributed by atoms with E-state index >= 15 is 0 Å². The zero-order valence-corrected chi connectivity index (χ0v) is 8.61. The number of aldehydes is 1. The van der Waals surface area contributed by atoms with Crippen LogP contribution >= 0.6 is 0 Å². The predicted octanol–water partition coefficient (Wildman–Crippen LogP) is 1.49. The Morgan fingerprint density at radius 3 is 3.00 bits per heavy atom. The summed E-state index contributed by atoms with van der Waals surface area (Å²) in [4.78, 5) is 11.1. The summed E-state index contributed by atoms with van der Waals surface area (Å²) in [5.41, 5.74) is 2.87. The molecule has 2 heterocycles. The van der Waals surface area contributed by atoms with Crippen molar-refractivity contribution in [2.45, 2.75) is 38.3 Å². The number of hydrogen-bond acceptors (Lipinski definition) is 3. The van der Waals surface area contributed by atoms with E-state index < -0.39 is 0 Å². The number of hydrogen-bond donors (Lipinski definition) is 0. The van der Waals surface area contributed by atoms with Crippen molar-refractivity contribution in [3.05, 3.63) is 17.0 Å². The van der Waals surface area contributed by atoms with Crippen LogP contribution in [0.15, 0.2) is 0 Å². The molecule has 1 saturated carbocycles. The van der Waals surface area contributed by atoms with E-state index in [2.05, 4.69) is 5.10 Å². The number of carbonyl (C=O) groups is 1. The van der Waals surface area contributed by atoms with E-state index in [-0.39, 0.29) is 0 Å². The molecule has 4 nitrogen and oxygen atoms in total. The molecule has 1 aliphatic heterocycles. The molecule has 80 valence electrons.